The molecule has 0 radical (unpaired) electrons. The molecule has 1 aliphatic rings. The van der Waals surface area contributed by atoms with Gasteiger partial charge in [0.2, 0.25) is 5.78 Å². The van der Waals surface area contributed by atoms with Crippen LogP contribution in [0.25, 0.3) is 11.0 Å². The van der Waals surface area contributed by atoms with E-state index in [2.05, 4.69) is 0 Å². The number of benzene rings is 3. The Morgan fingerprint density at radius 2 is 1.69 bits per heavy atom. The van der Waals surface area contributed by atoms with E-state index >= 15 is 0 Å². The summed E-state index contributed by atoms with van der Waals surface area (Å²) < 4.78 is 11.1. The SMILES string of the molecule is COc1cc(Cl)cc2cc(C(=O)C3=C(O)C(=O)N(c4ccc(Cl)cc4)C3c3ccc(O)c(Cl)c3)oc12. The zero-order valence-electron chi connectivity index (χ0n) is 18.5. The Morgan fingerprint density at radius 1 is 0.972 bits per heavy atom. The maximum absolute atomic E-state index is 13.8. The quantitative estimate of drug-likeness (QED) is 0.265. The molecule has 182 valence electrons. The number of amides is 1. The second-order valence-corrected chi connectivity index (χ2v) is 9.27. The molecule has 1 aromatic heterocycles. The highest BCUT2D eigenvalue weighted by molar-refractivity contribution is 6.32. The van der Waals surface area contributed by atoms with Gasteiger partial charge in [0.25, 0.3) is 5.91 Å². The summed E-state index contributed by atoms with van der Waals surface area (Å²) in [6, 6.07) is 14.1. The van der Waals surface area contributed by atoms with Crippen LogP contribution in [0.5, 0.6) is 11.5 Å². The van der Waals surface area contributed by atoms with E-state index in [1.165, 1.54) is 36.3 Å². The Kier molecular flexibility index (Phi) is 6.08. The van der Waals surface area contributed by atoms with Crippen LogP contribution < -0.4 is 9.64 Å². The first kappa shape index (κ1) is 24.1. The standard InChI is InChI=1S/C26H16Cl3NO6/c1-35-20-11-15(28)8-13-10-19(36-25(13)20)23(32)21-22(12-2-7-18(31)17(29)9-12)30(26(34)24(21)33)16-5-3-14(27)4-6-16/h2-11,22,31,33H,1H3. The molecule has 36 heavy (non-hydrogen) atoms. The van der Waals surface area contributed by atoms with Gasteiger partial charge in [-0.1, -0.05) is 40.9 Å². The van der Waals surface area contributed by atoms with Gasteiger partial charge in [0.15, 0.2) is 22.9 Å². The topological polar surface area (TPSA) is 100 Å². The Labute approximate surface area is 219 Å². The number of carbonyl (C=O) groups is 2. The van der Waals surface area contributed by atoms with E-state index in [0.29, 0.717) is 32.4 Å². The van der Waals surface area contributed by atoms with Crippen LogP contribution in [0.1, 0.15) is 22.2 Å². The molecule has 7 nitrogen and oxygen atoms in total. The third-order valence-corrected chi connectivity index (χ3v) is 6.61. The lowest BCUT2D eigenvalue weighted by atomic mass is 9.94. The smallest absolute Gasteiger partial charge is 0.294 e. The van der Waals surface area contributed by atoms with Gasteiger partial charge in [-0.15, -0.1) is 0 Å². The van der Waals surface area contributed by atoms with E-state index in [9.17, 15) is 19.8 Å². The normalized spacial score (nSPS) is 15.7. The summed E-state index contributed by atoms with van der Waals surface area (Å²) in [5.41, 5.74) is 0.825. The van der Waals surface area contributed by atoms with Gasteiger partial charge in [0, 0.05) is 27.2 Å². The molecular weight excluding hydrogens is 529 g/mol. The van der Waals surface area contributed by atoms with E-state index in [1.807, 2.05) is 0 Å². The summed E-state index contributed by atoms with van der Waals surface area (Å²) >= 11 is 18.3. The van der Waals surface area contributed by atoms with E-state index < -0.39 is 23.5 Å². The maximum Gasteiger partial charge on any atom is 0.294 e. The van der Waals surface area contributed by atoms with Crippen molar-refractivity contribution < 1.29 is 29.0 Å². The number of ketones is 1. The van der Waals surface area contributed by atoms with Crippen LogP contribution in [-0.4, -0.2) is 29.0 Å². The number of furan rings is 1. The Hall–Kier alpha value is -3.65. The van der Waals surface area contributed by atoms with Gasteiger partial charge in [-0.05, 0) is 54.1 Å². The number of rotatable bonds is 5. The summed E-state index contributed by atoms with van der Waals surface area (Å²) in [6.07, 6.45) is 0. The first-order chi connectivity index (χ1) is 17.2. The van der Waals surface area contributed by atoms with E-state index in [1.54, 1.807) is 36.4 Å². The number of phenolic OH excluding ortho intramolecular Hbond substituents is 1. The van der Waals surface area contributed by atoms with Gasteiger partial charge in [-0.3, -0.25) is 14.5 Å². The van der Waals surface area contributed by atoms with Crippen molar-refractivity contribution in [3.05, 3.63) is 98.4 Å². The van der Waals surface area contributed by atoms with Gasteiger partial charge in [0.05, 0.1) is 23.7 Å². The van der Waals surface area contributed by atoms with Gasteiger partial charge in [-0.2, -0.15) is 0 Å². The highest BCUT2D eigenvalue weighted by atomic mass is 35.5. The molecule has 4 aromatic rings. The fourth-order valence-corrected chi connectivity index (χ4v) is 4.73. The minimum absolute atomic E-state index is 0.0114. The lowest BCUT2D eigenvalue weighted by molar-refractivity contribution is -0.117. The van der Waals surface area contributed by atoms with Gasteiger partial charge < -0.3 is 19.4 Å². The molecule has 5 rings (SSSR count). The second-order valence-electron chi connectivity index (χ2n) is 7.99. The molecule has 1 amide bonds. The average Bonchev–Trinajstić information content (AvgIpc) is 3.39. The van der Waals surface area contributed by atoms with Gasteiger partial charge in [-0.25, -0.2) is 0 Å². The minimum atomic E-state index is -1.08. The second kappa shape index (κ2) is 9.09. The number of aromatic hydroxyl groups is 1. The number of aliphatic hydroxyl groups excluding tert-OH is 1. The number of Topliss-reactive ketones (excluding diaryl/α,β-unsaturated/α-hetero) is 1. The molecule has 0 aliphatic carbocycles. The van der Waals surface area contributed by atoms with Crippen molar-refractivity contribution in [2.24, 2.45) is 0 Å². The summed E-state index contributed by atoms with van der Waals surface area (Å²) in [6.45, 7) is 0. The number of anilines is 1. The van der Waals surface area contributed by atoms with Crippen LogP contribution >= 0.6 is 34.8 Å². The molecule has 0 saturated carbocycles. The third-order valence-electron chi connectivity index (χ3n) is 5.84. The number of methoxy groups -OCH3 is 1. The maximum atomic E-state index is 13.8. The van der Waals surface area contributed by atoms with Crippen molar-refractivity contribution in [3.8, 4) is 11.5 Å². The minimum Gasteiger partial charge on any atom is -0.506 e. The molecule has 1 aliphatic heterocycles. The fourth-order valence-electron chi connectivity index (χ4n) is 4.20. The average molecular weight is 545 g/mol. The van der Waals surface area contributed by atoms with E-state index in [0.717, 1.165) is 0 Å². The monoisotopic (exact) mass is 543 g/mol. The number of aliphatic hydroxyl groups is 1. The van der Waals surface area contributed by atoms with Crippen LogP contribution in [0, 0.1) is 0 Å². The van der Waals surface area contributed by atoms with Crippen molar-refractivity contribution in [2.45, 2.75) is 6.04 Å². The van der Waals surface area contributed by atoms with Crippen molar-refractivity contribution in [3.63, 3.8) is 0 Å². The first-order valence-corrected chi connectivity index (χ1v) is 11.7. The fraction of sp³-hybridized carbons (Fsp3) is 0.0769. The summed E-state index contributed by atoms with van der Waals surface area (Å²) in [4.78, 5) is 28.3. The molecule has 2 N–H and O–H groups in total. The van der Waals surface area contributed by atoms with Gasteiger partial charge >= 0.3 is 0 Å². The number of hydrogen-bond acceptors (Lipinski definition) is 6. The summed E-state index contributed by atoms with van der Waals surface area (Å²) in [7, 11) is 1.44. The van der Waals surface area contributed by atoms with Crippen LogP contribution in [0.4, 0.5) is 5.69 Å². The molecule has 2 heterocycles. The predicted molar refractivity (Wildman–Crippen MR) is 137 cm³/mol. The number of ether oxygens (including phenoxy) is 1. The van der Waals surface area contributed by atoms with Gasteiger partial charge in [0.1, 0.15) is 5.75 Å². The third kappa shape index (κ3) is 3.95. The first-order valence-electron chi connectivity index (χ1n) is 10.5. The molecule has 0 fully saturated rings. The summed E-state index contributed by atoms with van der Waals surface area (Å²) in [5.74, 6) is -2.25. The largest absolute Gasteiger partial charge is 0.506 e. The van der Waals surface area contributed by atoms with E-state index in [4.69, 9.17) is 44.0 Å². The summed E-state index contributed by atoms with van der Waals surface area (Å²) in [5, 5.41) is 22.2. The number of halogens is 3. The molecule has 1 unspecified atom stereocenters. The number of phenols is 1. The van der Waals surface area contributed by atoms with Crippen molar-refractivity contribution >= 4 is 63.1 Å². The van der Waals surface area contributed by atoms with Crippen LogP contribution in [0.3, 0.4) is 0 Å². The predicted octanol–water partition coefficient (Wildman–Crippen LogP) is 6.89. The van der Waals surface area contributed by atoms with Crippen molar-refractivity contribution in [1.82, 2.24) is 0 Å². The number of nitrogens with zero attached hydrogens (tertiary/aromatic N) is 1. The zero-order chi connectivity index (χ0) is 25.7. The molecule has 0 spiro atoms. The molecule has 0 saturated heterocycles. The Bertz CT molecular complexity index is 1570. The van der Waals surface area contributed by atoms with Crippen LogP contribution in [0.15, 0.2) is 76.4 Å². The van der Waals surface area contributed by atoms with Crippen molar-refractivity contribution in [2.75, 3.05) is 12.0 Å². The lowest BCUT2D eigenvalue weighted by Gasteiger charge is -2.27. The lowest BCUT2D eigenvalue weighted by Crippen LogP contribution is -2.31. The Balaban J connectivity index is 1.68. The van der Waals surface area contributed by atoms with E-state index in [-0.39, 0.29) is 27.7 Å². The highest BCUT2D eigenvalue weighted by Gasteiger charge is 2.45. The molecule has 3 aromatic carbocycles. The zero-order valence-corrected chi connectivity index (χ0v) is 20.7. The Morgan fingerprint density at radius 3 is 2.36 bits per heavy atom. The van der Waals surface area contributed by atoms with Crippen LogP contribution in [-0.2, 0) is 4.79 Å². The molecule has 1 atom stereocenters. The van der Waals surface area contributed by atoms with Crippen LogP contribution in [0.2, 0.25) is 15.1 Å². The number of carbonyl (C=O) groups excluding carboxylic acids is 2. The molecule has 0 bridgehead atoms. The molecule has 10 heteroatoms. The number of fused-ring (bicyclic) bond motifs is 1. The van der Waals surface area contributed by atoms with Crippen molar-refractivity contribution in [1.29, 1.82) is 0 Å². The highest BCUT2D eigenvalue weighted by Crippen LogP contribution is 2.44. The number of hydrogen-bond donors (Lipinski definition) is 2. The molecular formula is C26H16Cl3NO6.